The lowest BCUT2D eigenvalue weighted by molar-refractivity contribution is -0.141. The Morgan fingerprint density at radius 1 is 1.02 bits per heavy atom. The van der Waals surface area contributed by atoms with Crippen molar-refractivity contribution in [2.45, 2.75) is 45.4 Å². The third-order valence-corrected chi connectivity index (χ3v) is 8.48. The second kappa shape index (κ2) is 12.0. The van der Waals surface area contributed by atoms with Crippen molar-refractivity contribution in [1.29, 1.82) is 0 Å². The summed E-state index contributed by atoms with van der Waals surface area (Å²) in [5.74, 6) is -1.48. The molecule has 0 bridgehead atoms. The molecule has 1 aliphatic carbocycles. The van der Waals surface area contributed by atoms with E-state index in [-0.39, 0.29) is 29.4 Å². The second-order valence-corrected chi connectivity index (χ2v) is 11.1. The Morgan fingerprint density at radius 3 is 2.48 bits per heavy atom. The molecule has 3 N–H and O–H groups in total. The van der Waals surface area contributed by atoms with Crippen molar-refractivity contribution in [3.05, 3.63) is 95.1 Å². The van der Waals surface area contributed by atoms with E-state index < -0.39 is 11.9 Å². The molecule has 1 saturated heterocycles. The summed E-state index contributed by atoms with van der Waals surface area (Å²) < 4.78 is 0. The summed E-state index contributed by atoms with van der Waals surface area (Å²) >= 11 is 0. The summed E-state index contributed by atoms with van der Waals surface area (Å²) in [7, 11) is 0. The van der Waals surface area contributed by atoms with Crippen molar-refractivity contribution in [2.75, 3.05) is 23.4 Å². The third-order valence-electron chi connectivity index (χ3n) is 8.48. The zero-order chi connectivity index (χ0) is 28.2. The van der Waals surface area contributed by atoms with Gasteiger partial charge in [0.25, 0.3) is 0 Å². The number of nitrogens with one attached hydrogen (secondary N) is 2. The molecule has 4 atom stereocenters. The minimum absolute atomic E-state index is 0.0821. The number of carbonyl (C=O) groups is 3. The first kappa shape index (κ1) is 27.6. The maximum Gasteiger partial charge on any atom is 0.307 e. The number of nitrogens with zero attached hydrogens (tertiary/aromatic N) is 1. The van der Waals surface area contributed by atoms with Gasteiger partial charge in [-0.3, -0.25) is 14.4 Å². The van der Waals surface area contributed by atoms with Gasteiger partial charge >= 0.3 is 5.97 Å². The Balaban J connectivity index is 1.29. The Labute approximate surface area is 235 Å². The van der Waals surface area contributed by atoms with Crippen molar-refractivity contribution in [1.82, 2.24) is 5.43 Å². The average molecular weight is 540 g/mol. The SMILES string of the molecule is CCC(C)C(C(=O)Nc1cccc2c1CC(C(=O)O)C2)c1ccc(CC2CN(c3ccccc3)NCC2=O)cc1. The number of rotatable bonds is 9. The van der Waals surface area contributed by atoms with Gasteiger partial charge in [0.05, 0.1) is 24.1 Å². The lowest BCUT2D eigenvalue weighted by Gasteiger charge is -2.34. The number of amides is 1. The van der Waals surface area contributed by atoms with Crippen LogP contribution < -0.4 is 15.8 Å². The van der Waals surface area contributed by atoms with Gasteiger partial charge in [-0.25, -0.2) is 5.43 Å². The molecule has 0 spiro atoms. The molecule has 1 heterocycles. The largest absolute Gasteiger partial charge is 0.481 e. The first-order chi connectivity index (χ1) is 19.3. The quantitative estimate of drug-likeness (QED) is 0.354. The van der Waals surface area contributed by atoms with Crippen molar-refractivity contribution in [3.63, 3.8) is 0 Å². The van der Waals surface area contributed by atoms with Crippen molar-refractivity contribution in [2.24, 2.45) is 17.8 Å². The van der Waals surface area contributed by atoms with Gasteiger partial charge in [-0.05, 0) is 65.6 Å². The number of hydrogen-bond acceptors (Lipinski definition) is 5. The van der Waals surface area contributed by atoms with E-state index in [0.717, 1.165) is 34.4 Å². The number of carboxylic acids is 1. The highest BCUT2D eigenvalue weighted by molar-refractivity contribution is 5.97. The number of carboxylic acid groups (broad SMARTS) is 1. The van der Waals surface area contributed by atoms with E-state index in [9.17, 15) is 19.5 Å². The number of hydrogen-bond donors (Lipinski definition) is 3. The molecule has 0 radical (unpaired) electrons. The molecule has 3 aromatic rings. The summed E-state index contributed by atoms with van der Waals surface area (Å²) in [5, 5.41) is 14.7. The van der Waals surface area contributed by atoms with E-state index >= 15 is 0 Å². The minimum Gasteiger partial charge on any atom is -0.481 e. The fourth-order valence-corrected chi connectivity index (χ4v) is 5.96. The fraction of sp³-hybridized carbons (Fsp3) is 0.364. The highest BCUT2D eigenvalue weighted by Gasteiger charge is 2.32. The van der Waals surface area contributed by atoms with Gasteiger partial charge in [0.1, 0.15) is 0 Å². The van der Waals surface area contributed by atoms with E-state index in [0.29, 0.717) is 38.0 Å². The van der Waals surface area contributed by atoms with Crippen molar-refractivity contribution >= 4 is 29.0 Å². The van der Waals surface area contributed by atoms with E-state index in [1.165, 1.54) is 0 Å². The number of ketones is 1. The van der Waals surface area contributed by atoms with Crippen LogP contribution >= 0.6 is 0 Å². The number of fused-ring (bicyclic) bond motifs is 1. The van der Waals surface area contributed by atoms with Gasteiger partial charge in [0.15, 0.2) is 5.78 Å². The van der Waals surface area contributed by atoms with Gasteiger partial charge in [0, 0.05) is 18.2 Å². The van der Waals surface area contributed by atoms with E-state index in [1.54, 1.807) is 0 Å². The van der Waals surface area contributed by atoms with Gasteiger partial charge < -0.3 is 15.4 Å². The predicted octanol–water partition coefficient (Wildman–Crippen LogP) is 5.01. The van der Waals surface area contributed by atoms with Gasteiger partial charge in [0.2, 0.25) is 5.91 Å². The Morgan fingerprint density at radius 2 is 1.77 bits per heavy atom. The van der Waals surface area contributed by atoms with Crippen LogP contribution in [0, 0.1) is 17.8 Å². The van der Waals surface area contributed by atoms with Crippen LogP contribution in [0.1, 0.15) is 48.4 Å². The van der Waals surface area contributed by atoms with Crippen LogP contribution in [0.15, 0.2) is 72.8 Å². The summed E-state index contributed by atoms with van der Waals surface area (Å²) in [6, 6.07) is 23.8. The summed E-state index contributed by atoms with van der Waals surface area (Å²) in [6.45, 7) is 5.08. The van der Waals surface area contributed by atoms with Crippen molar-refractivity contribution in [3.8, 4) is 0 Å². The molecule has 7 nitrogen and oxygen atoms in total. The van der Waals surface area contributed by atoms with Crippen LogP contribution in [-0.2, 0) is 33.6 Å². The molecule has 0 aromatic heterocycles. The van der Waals surface area contributed by atoms with Crippen LogP contribution in [0.25, 0.3) is 0 Å². The van der Waals surface area contributed by atoms with Gasteiger partial charge in [-0.15, -0.1) is 0 Å². The maximum atomic E-state index is 13.7. The lowest BCUT2D eigenvalue weighted by Crippen LogP contribution is -2.52. The maximum absolute atomic E-state index is 13.7. The Hall–Kier alpha value is -3.97. The topological polar surface area (TPSA) is 98.7 Å². The number of anilines is 2. The fourth-order valence-electron chi connectivity index (χ4n) is 5.96. The Bertz CT molecular complexity index is 1370. The molecule has 4 unspecified atom stereocenters. The highest BCUT2D eigenvalue weighted by Crippen LogP contribution is 2.35. The van der Waals surface area contributed by atoms with Crippen LogP contribution in [0.3, 0.4) is 0 Å². The normalized spacial score (nSPS) is 20.1. The molecule has 1 amide bonds. The molecular formula is C33H37N3O4. The van der Waals surface area contributed by atoms with Crippen LogP contribution in [0.4, 0.5) is 11.4 Å². The molecular weight excluding hydrogens is 502 g/mol. The predicted molar refractivity (Wildman–Crippen MR) is 156 cm³/mol. The second-order valence-electron chi connectivity index (χ2n) is 11.1. The molecule has 1 aliphatic heterocycles. The van der Waals surface area contributed by atoms with Crippen LogP contribution in [0.5, 0.6) is 0 Å². The number of carbonyl (C=O) groups excluding carboxylic acids is 2. The summed E-state index contributed by atoms with van der Waals surface area (Å²) in [6.07, 6.45) is 2.41. The zero-order valence-corrected chi connectivity index (χ0v) is 23.1. The molecule has 5 rings (SSSR count). The summed E-state index contributed by atoms with van der Waals surface area (Å²) in [4.78, 5) is 37.9. The molecule has 7 heteroatoms. The standard InChI is InChI=1S/C33H37N3O4/c1-3-21(2)31(32(38)35-29-11-7-8-24-17-25(33(39)40)18-28(24)29)23-14-12-22(13-15-23)16-26-20-36(34-19-30(26)37)27-9-5-4-6-10-27/h4-15,21,25-26,31,34H,3,16-20H2,1-2H3,(H,35,38)(H,39,40). The van der Waals surface area contributed by atoms with Crippen LogP contribution in [0.2, 0.25) is 0 Å². The first-order valence-corrected chi connectivity index (χ1v) is 14.2. The van der Waals surface area contributed by atoms with Gasteiger partial charge in [-0.1, -0.05) is 74.9 Å². The molecule has 2 aliphatic rings. The number of para-hydroxylation sites is 1. The molecule has 208 valence electrons. The van der Waals surface area contributed by atoms with Crippen LogP contribution in [-0.4, -0.2) is 35.9 Å². The van der Waals surface area contributed by atoms with E-state index in [4.69, 9.17) is 0 Å². The summed E-state index contributed by atoms with van der Waals surface area (Å²) in [5.41, 5.74) is 8.89. The smallest absolute Gasteiger partial charge is 0.307 e. The molecule has 1 fully saturated rings. The Kier molecular flexibility index (Phi) is 8.31. The monoisotopic (exact) mass is 539 g/mol. The van der Waals surface area contributed by atoms with E-state index in [1.807, 2.05) is 77.8 Å². The number of benzene rings is 3. The minimum atomic E-state index is -0.801. The molecule has 0 saturated carbocycles. The number of hydrazine groups is 1. The highest BCUT2D eigenvalue weighted by atomic mass is 16.4. The van der Waals surface area contributed by atoms with E-state index in [2.05, 4.69) is 24.6 Å². The number of aliphatic carboxylic acids is 1. The zero-order valence-electron chi connectivity index (χ0n) is 23.1. The van der Waals surface area contributed by atoms with Gasteiger partial charge in [-0.2, -0.15) is 0 Å². The van der Waals surface area contributed by atoms with Crippen molar-refractivity contribution < 1.29 is 19.5 Å². The molecule has 3 aromatic carbocycles. The number of Topliss-reactive ketones (excluding diaryl/α,β-unsaturated/α-hetero) is 1. The molecule has 40 heavy (non-hydrogen) atoms. The first-order valence-electron chi connectivity index (χ1n) is 14.2. The average Bonchev–Trinajstić information content (AvgIpc) is 3.42. The third kappa shape index (κ3) is 5.94. The lowest BCUT2D eigenvalue weighted by atomic mass is 9.83.